The highest BCUT2D eigenvalue weighted by Crippen LogP contribution is 2.50. The fraction of sp³-hybridized carbons (Fsp3) is 0.455. The zero-order valence-electron chi connectivity index (χ0n) is 23.3. The Kier molecular flexibility index (Phi) is 9.11. The van der Waals surface area contributed by atoms with Crippen molar-refractivity contribution in [2.45, 2.75) is 58.5 Å². The first-order chi connectivity index (χ1) is 19.4. The van der Waals surface area contributed by atoms with Gasteiger partial charge < -0.3 is 14.6 Å². The van der Waals surface area contributed by atoms with Crippen LogP contribution in [-0.4, -0.2) is 47.7 Å². The second-order valence-electron chi connectivity index (χ2n) is 11.0. The van der Waals surface area contributed by atoms with Crippen molar-refractivity contribution in [3.8, 4) is 11.5 Å². The Labute approximate surface area is 245 Å². The molecular weight excluding hydrogens is 570 g/mol. The summed E-state index contributed by atoms with van der Waals surface area (Å²) in [6.45, 7) is 5.46. The van der Waals surface area contributed by atoms with Gasteiger partial charge in [-0.15, -0.1) is 0 Å². The second kappa shape index (κ2) is 12.7. The summed E-state index contributed by atoms with van der Waals surface area (Å²) in [6.07, 6.45) is 6.77. The minimum absolute atomic E-state index is 0.0386. The lowest BCUT2D eigenvalue weighted by atomic mass is 9.69. The van der Waals surface area contributed by atoms with Gasteiger partial charge in [-0.1, -0.05) is 66.0 Å². The number of amides is 2. The number of ether oxygens (including phenoxy) is 2. The molecule has 5 rings (SSSR count). The molecule has 3 aliphatic rings. The molecule has 2 aromatic rings. The first-order valence-electron chi connectivity index (χ1n) is 14.5. The number of phenols is 1. The lowest BCUT2D eigenvalue weighted by molar-refractivity contribution is -0.140. The van der Waals surface area contributed by atoms with Crippen molar-refractivity contribution in [3.63, 3.8) is 0 Å². The van der Waals surface area contributed by atoms with Crippen molar-refractivity contribution in [1.29, 1.82) is 0 Å². The number of fused-ring (bicyclic) bond motifs is 3. The van der Waals surface area contributed by atoms with E-state index in [1.165, 1.54) is 10.5 Å². The van der Waals surface area contributed by atoms with Crippen LogP contribution in [0.5, 0.6) is 11.5 Å². The standard InChI is InChI=1S/C33H38BrNO5/c1-3-8-21(16-22-17-24(34)12-13-28(22)36)11-14-29-30-23(19-39-25-9-6-5-7-10-25)18-26-31(27(30)20-40-29)33(38)35(15-4-2)32(26)37/h5-7,9-10,12-13,16-17,26-27,29,31,36H,3-4,8,11,14-15,18-20H2,1-2H3/b21-16+/t26-,27+,29-,31-/m1/s1. The van der Waals surface area contributed by atoms with Crippen molar-refractivity contribution in [2.24, 2.45) is 17.8 Å². The number of nitrogens with zero attached hydrogens (tertiary/aromatic N) is 1. The number of rotatable bonds is 11. The van der Waals surface area contributed by atoms with Crippen molar-refractivity contribution < 1.29 is 24.2 Å². The van der Waals surface area contributed by atoms with E-state index in [1.54, 1.807) is 6.07 Å². The average Bonchev–Trinajstić information content (AvgIpc) is 3.48. The van der Waals surface area contributed by atoms with Crippen molar-refractivity contribution >= 4 is 33.8 Å². The highest BCUT2D eigenvalue weighted by molar-refractivity contribution is 9.10. The van der Waals surface area contributed by atoms with Gasteiger partial charge in [0.05, 0.1) is 24.5 Å². The molecule has 1 N–H and O–H groups in total. The number of likely N-dealkylation sites (tertiary alicyclic amines) is 1. The third-order valence-corrected chi connectivity index (χ3v) is 8.84. The Hall–Kier alpha value is -2.90. The van der Waals surface area contributed by atoms with Crippen LogP contribution in [0.3, 0.4) is 0 Å². The molecule has 0 spiro atoms. The number of allylic oxidation sites excluding steroid dienone is 1. The molecule has 2 fully saturated rings. The van der Waals surface area contributed by atoms with Crippen LogP contribution in [0.15, 0.2) is 69.7 Å². The summed E-state index contributed by atoms with van der Waals surface area (Å²) < 4.78 is 13.5. The monoisotopic (exact) mass is 607 g/mol. The molecule has 40 heavy (non-hydrogen) atoms. The molecule has 2 amide bonds. The van der Waals surface area contributed by atoms with E-state index in [9.17, 15) is 14.7 Å². The van der Waals surface area contributed by atoms with E-state index in [-0.39, 0.29) is 41.4 Å². The maximum absolute atomic E-state index is 13.4. The molecule has 0 saturated carbocycles. The zero-order valence-corrected chi connectivity index (χ0v) is 24.9. The van der Waals surface area contributed by atoms with Gasteiger partial charge in [-0.2, -0.15) is 0 Å². The summed E-state index contributed by atoms with van der Waals surface area (Å²) in [4.78, 5) is 28.2. The molecule has 2 aromatic carbocycles. The first kappa shape index (κ1) is 28.6. The molecule has 2 saturated heterocycles. The van der Waals surface area contributed by atoms with Crippen molar-refractivity contribution in [2.75, 3.05) is 19.8 Å². The molecule has 212 valence electrons. The number of carbonyl (C=O) groups excluding carboxylic acids is 2. The summed E-state index contributed by atoms with van der Waals surface area (Å²) in [6, 6.07) is 15.2. The van der Waals surface area contributed by atoms with Crippen LogP contribution in [0.4, 0.5) is 0 Å². The van der Waals surface area contributed by atoms with E-state index >= 15 is 0 Å². The Morgan fingerprint density at radius 1 is 1.07 bits per heavy atom. The molecule has 6 nitrogen and oxygen atoms in total. The van der Waals surface area contributed by atoms with Gasteiger partial charge in [0, 0.05) is 22.5 Å². The van der Waals surface area contributed by atoms with Crippen LogP contribution in [0.25, 0.3) is 6.08 Å². The van der Waals surface area contributed by atoms with Gasteiger partial charge in [-0.05, 0) is 73.6 Å². The van der Waals surface area contributed by atoms with Crippen LogP contribution in [0, 0.1) is 17.8 Å². The highest BCUT2D eigenvalue weighted by atomic mass is 79.9. The summed E-state index contributed by atoms with van der Waals surface area (Å²) in [5.74, 6) is 0.194. The largest absolute Gasteiger partial charge is 0.507 e. The van der Waals surface area contributed by atoms with Gasteiger partial charge >= 0.3 is 0 Å². The number of imide groups is 1. The molecule has 1 aliphatic carbocycles. The zero-order chi connectivity index (χ0) is 28.2. The second-order valence-corrected chi connectivity index (χ2v) is 12.0. The Morgan fingerprint density at radius 3 is 2.62 bits per heavy atom. The number of benzene rings is 2. The Morgan fingerprint density at radius 2 is 1.88 bits per heavy atom. The van der Waals surface area contributed by atoms with Gasteiger partial charge in [-0.3, -0.25) is 14.5 Å². The van der Waals surface area contributed by atoms with Crippen LogP contribution in [0.2, 0.25) is 0 Å². The minimum atomic E-state index is -0.344. The SMILES string of the molecule is CCC/C(=C\c1cc(Br)ccc1O)CC[C@H]1OC[C@H]2C1=C(COc1ccccc1)C[C@H]1C(=O)N(CCC)C(=O)[C@H]12. The number of hydrogen-bond acceptors (Lipinski definition) is 5. The lowest BCUT2D eigenvalue weighted by Crippen LogP contribution is -2.35. The maximum Gasteiger partial charge on any atom is 0.233 e. The van der Waals surface area contributed by atoms with Crippen LogP contribution >= 0.6 is 15.9 Å². The minimum Gasteiger partial charge on any atom is -0.507 e. The molecule has 0 bridgehead atoms. The number of hydrogen-bond donors (Lipinski definition) is 1. The summed E-state index contributed by atoms with van der Waals surface area (Å²) >= 11 is 3.51. The third kappa shape index (κ3) is 5.91. The Balaban J connectivity index is 1.41. The molecule has 2 aliphatic heterocycles. The fourth-order valence-corrected chi connectivity index (χ4v) is 6.95. The molecule has 0 unspecified atom stereocenters. The van der Waals surface area contributed by atoms with Gasteiger partial charge in [0.15, 0.2) is 0 Å². The number of aromatic hydroxyl groups is 1. The topological polar surface area (TPSA) is 76.1 Å². The van der Waals surface area contributed by atoms with Crippen LogP contribution in [0.1, 0.15) is 57.9 Å². The van der Waals surface area contributed by atoms with Crippen LogP contribution in [-0.2, 0) is 14.3 Å². The first-order valence-corrected chi connectivity index (χ1v) is 15.2. The normalized spacial score (nSPS) is 24.5. The lowest BCUT2D eigenvalue weighted by Gasteiger charge is -2.32. The van der Waals surface area contributed by atoms with Crippen molar-refractivity contribution in [1.82, 2.24) is 4.90 Å². The predicted octanol–water partition coefficient (Wildman–Crippen LogP) is 6.92. The summed E-state index contributed by atoms with van der Waals surface area (Å²) in [5, 5.41) is 10.4. The molecular formula is C33H38BrNO5. The molecule has 7 heteroatoms. The van der Waals surface area contributed by atoms with E-state index < -0.39 is 0 Å². The molecule has 2 heterocycles. The van der Waals surface area contributed by atoms with E-state index in [4.69, 9.17) is 9.47 Å². The van der Waals surface area contributed by atoms with E-state index in [0.717, 1.165) is 59.0 Å². The average molecular weight is 609 g/mol. The molecule has 4 atom stereocenters. The number of para-hydroxylation sites is 1. The highest BCUT2D eigenvalue weighted by Gasteiger charge is 2.56. The summed E-state index contributed by atoms with van der Waals surface area (Å²) in [5.41, 5.74) is 4.31. The molecule has 0 radical (unpaired) electrons. The quantitative estimate of drug-likeness (QED) is 0.221. The van der Waals surface area contributed by atoms with Gasteiger partial charge in [0.2, 0.25) is 11.8 Å². The van der Waals surface area contributed by atoms with E-state index in [2.05, 4.69) is 28.9 Å². The smallest absolute Gasteiger partial charge is 0.233 e. The maximum atomic E-state index is 13.4. The summed E-state index contributed by atoms with van der Waals surface area (Å²) in [7, 11) is 0. The third-order valence-electron chi connectivity index (χ3n) is 8.35. The van der Waals surface area contributed by atoms with Crippen LogP contribution < -0.4 is 4.74 Å². The number of halogens is 1. The van der Waals surface area contributed by atoms with E-state index in [0.29, 0.717) is 26.2 Å². The fourth-order valence-electron chi connectivity index (χ4n) is 6.57. The Bertz CT molecular complexity index is 1300. The molecule has 0 aromatic heterocycles. The van der Waals surface area contributed by atoms with Gasteiger partial charge in [0.1, 0.15) is 18.1 Å². The van der Waals surface area contributed by atoms with Gasteiger partial charge in [-0.25, -0.2) is 0 Å². The predicted molar refractivity (Wildman–Crippen MR) is 159 cm³/mol. The number of carbonyl (C=O) groups is 2. The van der Waals surface area contributed by atoms with Crippen molar-refractivity contribution in [3.05, 3.63) is 75.3 Å². The number of phenolic OH excluding ortho intramolecular Hbond substituents is 1. The van der Waals surface area contributed by atoms with Gasteiger partial charge in [0.25, 0.3) is 0 Å². The van der Waals surface area contributed by atoms with E-state index in [1.807, 2.05) is 49.4 Å².